The van der Waals surface area contributed by atoms with E-state index in [-0.39, 0.29) is 11.7 Å². The molecule has 3 rings (SSSR count). The molecule has 3 N–H and O–H groups in total. The van der Waals surface area contributed by atoms with Crippen LogP contribution < -0.4 is 10.6 Å². The molecule has 1 aliphatic heterocycles. The van der Waals surface area contributed by atoms with E-state index in [1.807, 2.05) is 30.2 Å². The molecule has 1 aromatic heterocycles. The first kappa shape index (κ1) is 20.4. The Labute approximate surface area is 170 Å². The molecule has 1 fully saturated rings. The topological polar surface area (TPSA) is 95.6 Å². The number of hydrogen-bond acceptors (Lipinski definition) is 7. The number of thioether (sulfide) groups is 1. The molecule has 2 heterocycles. The minimum absolute atomic E-state index is 0.0301. The van der Waals surface area contributed by atoms with Crippen LogP contribution in [-0.4, -0.2) is 70.1 Å². The van der Waals surface area contributed by atoms with Gasteiger partial charge in [-0.25, -0.2) is 9.97 Å². The molecule has 1 aliphatic rings. The zero-order chi connectivity index (χ0) is 20.1. The smallest absolute Gasteiger partial charge is 0.239 e. The van der Waals surface area contributed by atoms with Gasteiger partial charge in [-0.15, -0.1) is 0 Å². The number of hydrogen-bond donors (Lipinski definition) is 2. The van der Waals surface area contributed by atoms with Crippen LogP contribution in [0.5, 0.6) is 5.75 Å². The number of amides is 1. The molecule has 0 spiro atoms. The lowest BCUT2D eigenvalue weighted by molar-refractivity contribution is -0.132. The van der Waals surface area contributed by atoms with Gasteiger partial charge in [0.15, 0.2) is 5.82 Å². The summed E-state index contributed by atoms with van der Waals surface area (Å²) in [5.74, 6) is 2.40. The highest BCUT2D eigenvalue weighted by Gasteiger charge is 2.26. The van der Waals surface area contributed by atoms with Crippen molar-refractivity contribution in [3.05, 3.63) is 36.0 Å². The molecule has 7 nitrogen and oxygen atoms in total. The van der Waals surface area contributed by atoms with Crippen molar-refractivity contribution in [2.75, 3.05) is 43.1 Å². The summed E-state index contributed by atoms with van der Waals surface area (Å²) in [5.41, 5.74) is 7.48. The maximum Gasteiger partial charge on any atom is 0.239 e. The largest absolute Gasteiger partial charge is 0.507 e. The van der Waals surface area contributed by atoms with E-state index in [4.69, 9.17) is 5.73 Å². The van der Waals surface area contributed by atoms with Crippen LogP contribution in [0.1, 0.15) is 12.1 Å². The van der Waals surface area contributed by atoms with Gasteiger partial charge in [-0.2, -0.15) is 11.8 Å². The average Bonchev–Trinajstić information content (AvgIpc) is 2.71. The summed E-state index contributed by atoms with van der Waals surface area (Å²) in [7, 11) is 0. The van der Waals surface area contributed by atoms with Gasteiger partial charge in [0.1, 0.15) is 11.6 Å². The van der Waals surface area contributed by atoms with Crippen LogP contribution >= 0.6 is 11.8 Å². The molecule has 150 valence electrons. The van der Waals surface area contributed by atoms with Crippen molar-refractivity contribution >= 4 is 23.5 Å². The third-order valence-corrected chi connectivity index (χ3v) is 5.50. The Balaban J connectivity index is 1.69. The molecule has 1 unspecified atom stereocenters. The lowest BCUT2D eigenvalue weighted by atomic mass is 10.1. The first-order valence-corrected chi connectivity index (χ1v) is 10.8. The number of para-hydroxylation sites is 1. The fourth-order valence-corrected chi connectivity index (χ4v) is 3.75. The van der Waals surface area contributed by atoms with Gasteiger partial charge in [-0.1, -0.05) is 12.1 Å². The quantitative estimate of drug-likeness (QED) is 0.763. The fraction of sp³-hybridized carbons (Fsp3) is 0.450. The zero-order valence-corrected chi connectivity index (χ0v) is 17.2. The van der Waals surface area contributed by atoms with Crippen LogP contribution in [0.4, 0.5) is 5.82 Å². The minimum atomic E-state index is -0.423. The van der Waals surface area contributed by atoms with Crippen molar-refractivity contribution < 1.29 is 9.90 Å². The summed E-state index contributed by atoms with van der Waals surface area (Å²) < 4.78 is 0. The van der Waals surface area contributed by atoms with E-state index in [0.717, 1.165) is 17.3 Å². The molecule has 1 amide bonds. The summed E-state index contributed by atoms with van der Waals surface area (Å²) in [5, 5.41) is 10.1. The Morgan fingerprint density at radius 2 is 1.96 bits per heavy atom. The summed E-state index contributed by atoms with van der Waals surface area (Å²) in [6.45, 7) is 4.55. The predicted octanol–water partition coefficient (Wildman–Crippen LogP) is 1.89. The third-order valence-electron chi connectivity index (χ3n) is 4.85. The molecular weight excluding hydrogens is 374 g/mol. The first-order valence-electron chi connectivity index (χ1n) is 9.42. The number of piperazine rings is 1. The molecule has 0 aliphatic carbocycles. The van der Waals surface area contributed by atoms with Crippen molar-refractivity contribution in [3.8, 4) is 17.1 Å². The molecule has 0 radical (unpaired) electrons. The number of nitrogens with two attached hydrogens (primary N) is 1. The van der Waals surface area contributed by atoms with Crippen LogP contribution in [0, 0.1) is 6.92 Å². The summed E-state index contributed by atoms with van der Waals surface area (Å²) in [4.78, 5) is 25.6. The van der Waals surface area contributed by atoms with E-state index in [1.165, 1.54) is 0 Å². The van der Waals surface area contributed by atoms with Crippen LogP contribution in [-0.2, 0) is 4.79 Å². The zero-order valence-electron chi connectivity index (χ0n) is 16.3. The average molecular weight is 402 g/mol. The number of benzene rings is 1. The number of rotatable bonds is 6. The van der Waals surface area contributed by atoms with Crippen LogP contribution in [0.3, 0.4) is 0 Å². The Morgan fingerprint density at radius 1 is 1.25 bits per heavy atom. The van der Waals surface area contributed by atoms with Crippen molar-refractivity contribution in [1.29, 1.82) is 0 Å². The number of aromatic hydroxyl groups is 1. The second-order valence-electron chi connectivity index (χ2n) is 6.91. The van der Waals surface area contributed by atoms with E-state index < -0.39 is 6.04 Å². The Bertz CT molecular complexity index is 824. The predicted molar refractivity (Wildman–Crippen MR) is 114 cm³/mol. The van der Waals surface area contributed by atoms with Crippen LogP contribution in [0.25, 0.3) is 11.4 Å². The molecule has 1 atom stereocenters. The maximum atomic E-state index is 12.5. The first-order chi connectivity index (χ1) is 13.5. The number of aryl methyl sites for hydroxylation is 1. The normalized spacial score (nSPS) is 15.5. The number of nitrogens with zero attached hydrogens (tertiary/aromatic N) is 4. The van der Waals surface area contributed by atoms with E-state index >= 15 is 0 Å². The highest BCUT2D eigenvalue weighted by Crippen LogP contribution is 2.28. The van der Waals surface area contributed by atoms with Gasteiger partial charge in [-0.3, -0.25) is 4.79 Å². The number of phenolic OH excluding ortho intramolecular Hbond substituents is 1. The Morgan fingerprint density at radius 3 is 2.64 bits per heavy atom. The highest BCUT2D eigenvalue weighted by atomic mass is 32.2. The summed E-state index contributed by atoms with van der Waals surface area (Å²) in [6, 6.07) is 8.57. The van der Waals surface area contributed by atoms with Gasteiger partial charge in [0.25, 0.3) is 0 Å². The minimum Gasteiger partial charge on any atom is -0.507 e. The molecule has 0 saturated carbocycles. The monoisotopic (exact) mass is 401 g/mol. The second-order valence-corrected chi connectivity index (χ2v) is 7.89. The van der Waals surface area contributed by atoms with Crippen LogP contribution in [0.15, 0.2) is 30.3 Å². The number of carbonyl (C=O) groups excluding carboxylic acids is 1. The van der Waals surface area contributed by atoms with Crippen molar-refractivity contribution in [2.45, 2.75) is 19.4 Å². The van der Waals surface area contributed by atoms with Gasteiger partial charge < -0.3 is 20.6 Å². The lowest BCUT2D eigenvalue weighted by Gasteiger charge is -2.36. The third kappa shape index (κ3) is 4.74. The molecule has 28 heavy (non-hydrogen) atoms. The van der Waals surface area contributed by atoms with E-state index in [9.17, 15) is 9.90 Å². The van der Waals surface area contributed by atoms with Crippen molar-refractivity contribution in [2.24, 2.45) is 5.73 Å². The van der Waals surface area contributed by atoms with Gasteiger partial charge in [0, 0.05) is 37.9 Å². The highest BCUT2D eigenvalue weighted by molar-refractivity contribution is 7.98. The summed E-state index contributed by atoms with van der Waals surface area (Å²) in [6.07, 6.45) is 2.72. The van der Waals surface area contributed by atoms with E-state index in [0.29, 0.717) is 44.0 Å². The van der Waals surface area contributed by atoms with E-state index in [1.54, 1.807) is 30.0 Å². The SMILES string of the molecule is CSCCC(N)C(=O)N1CCN(c2cc(C)nc(-c3ccccc3O)n2)CC1. The standard InChI is InChI=1S/C20H27N5O2S/c1-14-13-18(23-19(22-14)15-5-3-4-6-17(15)26)24-8-10-25(11-9-24)20(27)16(21)7-12-28-2/h3-6,13,16,26H,7-12,21H2,1-2H3. The second kappa shape index (κ2) is 9.25. The van der Waals surface area contributed by atoms with Gasteiger partial charge in [0.2, 0.25) is 5.91 Å². The lowest BCUT2D eigenvalue weighted by Crippen LogP contribution is -2.53. The van der Waals surface area contributed by atoms with Crippen molar-refractivity contribution in [3.63, 3.8) is 0 Å². The fourth-order valence-electron chi connectivity index (χ4n) is 3.26. The molecule has 1 aromatic carbocycles. The number of phenols is 1. The molecule has 8 heteroatoms. The molecular formula is C20H27N5O2S. The molecule has 2 aromatic rings. The Hall–Kier alpha value is -2.32. The van der Waals surface area contributed by atoms with Gasteiger partial charge in [0.05, 0.1) is 11.6 Å². The van der Waals surface area contributed by atoms with E-state index in [2.05, 4.69) is 14.9 Å². The van der Waals surface area contributed by atoms with Gasteiger partial charge in [-0.05, 0) is 37.5 Å². The number of anilines is 1. The van der Waals surface area contributed by atoms with Crippen LogP contribution in [0.2, 0.25) is 0 Å². The Kier molecular flexibility index (Phi) is 6.74. The van der Waals surface area contributed by atoms with Gasteiger partial charge >= 0.3 is 0 Å². The van der Waals surface area contributed by atoms with Crippen molar-refractivity contribution in [1.82, 2.24) is 14.9 Å². The molecule has 0 bridgehead atoms. The number of carbonyl (C=O) groups is 1. The maximum absolute atomic E-state index is 12.5. The molecule has 1 saturated heterocycles. The summed E-state index contributed by atoms with van der Waals surface area (Å²) >= 11 is 1.70. The number of aromatic nitrogens is 2.